The van der Waals surface area contributed by atoms with Crippen LogP contribution < -0.4 is 14.4 Å². The molecular weight excluding hydrogens is 490 g/mol. The predicted octanol–water partition coefficient (Wildman–Crippen LogP) is 4.31. The lowest BCUT2D eigenvalue weighted by atomic mass is 9.86. The average Bonchev–Trinajstić information content (AvgIpc) is 3.38. The number of ether oxygens (including phenoxy) is 2. The predicted molar refractivity (Wildman–Crippen MR) is 147 cm³/mol. The van der Waals surface area contributed by atoms with E-state index in [0.29, 0.717) is 29.4 Å². The second-order valence-electron chi connectivity index (χ2n) is 10.9. The van der Waals surface area contributed by atoms with Gasteiger partial charge in [0.1, 0.15) is 17.6 Å². The first kappa shape index (κ1) is 23.9. The summed E-state index contributed by atoms with van der Waals surface area (Å²) in [4.78, 5) is 14.2. The standard InChI is InChI=1S/C30H31N7O2/c1-38-29-8-5-21(12-33-29)15-36-24-9-25(36)17-35(16-24)28-7-6-22(13-32-28)27-10-26(39-19-20-3-2-4-20)18-37-30(27)23(11-31)14-34-37/h5-8,10,12-14,18,20,24-25H,2-4,9,15-17,19H2,1H3. The van der Waals surface area contributed by atoms with Gasteiger partial charge < -0.3 is 14.4 Å². The molecule has 39 heavy (non-hydrogen) atoms. The van der Waals surface area contributed by atoms with Crippen molar-refractivity contribution in [3.8, 4) is 28.8 Å². The van der Waals surface area contributed by atoms with E-state index in [1.165, 1.54) is 31.2 Å². The summed E-state index contributed by atoms with van der Waals surface area (Å²) in [5.41, 5.74) is 4.40. The Morgan fingerprint density at radius 3 is 2.59 bits per heavy atom. The smallest absolute Gasteiger partial charge is 0.212 e. The molecule has 4 aromatic rings. The number of piperidine rings is 1. The lowest BCUT2D eigenvalue weighted by Crippen LogP contribution is -2.68. The fraction of sp³-hybridized carbons (Fsp3) is 0.400. The highest BCUT2D eigenvalue weighted by molar-refractivity contribution is 5.85. The Morgan fingerprint density at radius 1 is 1.05 bits per heavy atom. The molecule has 7 heterocycles. The number of nitriles is 1. The van der Waals surface area contributed by atoms with Gasteiger partial charge in [0.05, 0.1) is 37.2 Å². The second-order valence-corrected chi connectivity index (χ2v) is 10.9. The van der Waals surface area contributed by atoms with Crippen LogP contribution in [-0.2, 0) is 6.54 Å². The summed E-state index contributed by atoms with van der Waals surface area (Å²) in [6, 6.07) is 13.6. The molecule has 2 bridgehead atoms. The Balaban J connectivity index is 1.08. The van der Waals surface area contributed by atoms with Crippen LogP contribution in [0.25, 0.3) is 16.6 Å². The van der Waals surface area contributed by atoms with Crippen molar-refractivity contribution in [3.63, 3.8) is 0 Å². The van der Waals surface area contributed by atoms with Gasteiger partial charge in [-0.1, -0.05) is 12.5 Å². The minimum atomic E-state index is 0.515. The van der Waals surface area contributed by atoms with E-state index in [-0.39, 0.29) is 0 Å². The molecule has 198 valence electrons. The molecule has 1 saturated carbocycles. The molecule has 4 aromatic heterocycles. The zero-order valence-corrected chi connectivity index (χ0v) is 22.0. The lowest BCUT2D eigenvalue weighted by Gasteiger charge is -2.56. The van der Waals surface area contributed by atoms with Crippen molar-refractivity contribution >= 4 is 11.3 Å². The highest BCUT2D eigenvalue weighted by atomic mass is 16.5. The highest BCUT2D eigenvalue weighted by Crippen LogP contribution is 2.37. The first-order valence-electron chi connectivity index (χ1n) is 13.7. The SMILES string of the molecule is COc1ccc(CN2C3CC2CN(c2ccc(-c4cc(OCC5CCC5)cn5ncc(C#N)c45)cn2)C3)cn1. The fourth-order valence-electron chi connectivity index (χ4n) is 6.05. The summed E-state index contributed by atoms with van der Waals surface area (Å²) < 4.78 is 13.1. The van der Waals surface area contributed by atoms with Crippen LogP contribution in [0.2, 0.25) is 0 Å². The number of rotatable bonds is 8. The molecule has 8 rings (SSSR count). The zero-order valence-electron chi connectivity index (χ0n) is 22.0. The minimum Gasteiger partial charge on any atom is -0.492 e. The molecule has 1 aliphatic carbocycles. The third kappa shape index (κ3) is 4.45. The van der Waals surface area contributed by atoms with Crippen molar-refractivity contribution in [2.24, 2.45) is 5.92 Å². The van der Waals surface area contributed by atoms with Gasteiger partial charge in [-0.2, -0.15) is 10.4 Å². The molecule has 0 aromatic carbocycles. The molecule has 4 fully saturated rings. The molecular formula is C30H31N7O2. The van der Waals surface area contributed by atoms with Crippen LogP contribution in [-0.4, -0.2) is 63.4 Å². The van der Waals surface area contributed by atoms with Crippen LogP contribution in [0.1, 0.15) is 36.8 Å². The van der Waals surface area contributed by atoms with Gasteiger partial charge in [0.15, 0.2) is 0 Å². The zero-order chi connectivity index (χ0) is 26.3. The maximum absolute atomic E-state index is 9.69. The van der Waals surface area contributed by atoms with Gasteiger partial charge in [-0.05, 0) is 48.9 Å². The topological polar surface area (TPSA) is 91.8 Å². The number of piperazine rings is 1. The molecule has 2 unspecified atom stereocenters. The number of nitrogens with zero attached hydrogens (tertiary/aromatic N) is 7. The fourth-order valence-corrected chi connectivity index (χ4v) is 6.05. The number of methoxy groups -OCH3 is 1. The van der Waals surface area contributed by atoms with Crippen LogP contribution >= 0.6 is 0 Å². The van der Waals surface area contributed by atoms with Gasteiger partial charge in [-0.25, -0.2) is 14.5 Å². The normalized spacial score (nSPS) is 20.8. The Kier molecular flexibility index (Phi) is 6.05. The molecule has 9 nitrogen and oxygen atoms in total. The Bertz CT molecular complexity index is 1510. The minimum absolute atomic E-state index is 0.515. The number of fused-ring (bicyclic) bond motifs is 3. The van der Waals surface area contributed by atoms with Crippen LogP contribution in [0.15, 0.2) is 55.1 Å². The van der Waals surface area contributed by atoms with Crippen LogP contribution in [0.5, 0.6) is 11.6 Å². The summed E-state index contributed by atoms with van der Waals surface area (Å²) in [5.74, 6) is 3.04. The first-order valence-corrected chi connectivity index (χ1v) is 13.7. The van der Waals surface area contributed by atoms with Crippen molar-refractivity contribution in [2.75, 3.05) is 31.7 Å². The van der Waals surface area contributed by atoms with Gasteiger partial charge in [0, 0.05) is 61.3 Å². The highest BCUT2D eigenvalue weighted by Gasteiger charge is 2.44. The molecule has 4 aliphatic rings. The van der Waals surface area contributed by atoms with E-state index in [4.69, 9.17) is 14.5 Å². The van der Waals surface area contributed by atoms with E-state index in [9.17, 15) is 5.26 Å². The second kappa shape index (κ2) is 9.86. The first-order chi connectivity index (χ1) is 19.2. The third-order valence-corrected chi connectivity index (χ3v) is 8.52. The number of hydrogen-bond donors (Lipinski definition) is 0. The Hall–Kier alpha value is -4.16. The van der Waals surface area contributed by atoms with Crippen LogP contribution in [0, 0.1) is 17.2 Å². The van der Waals surface area contributed by atoms with Crippen LogP contribution in [0.4, 0.5) is 5.82 Å². The molecule has 3 aliphatic heterocycles. The van der Waals surface area contributed by atoms with E-state index in [1.54, 1.807) is 17.8 Å². The molecule has 0 spiro atoms. The number of aromatic nitrogens is 4. The summed E-state index contributed by atoms with van der Waals surface area (Å²) >= 11 is 0. The Labute approximate surface area is 227 Å². The van der Waals surface area contributed by atoms with E-state index in [2.05, 4.69) is 44.2 Å². The van der Waals surface area contributed by atoms with Gasteiger partial charge in [0.25, 0.3) is 0 Å². The lowest BCUT2D eigenvalue weighted by molar-refractivity contribution is -0.00876. The summed E-state index contributed by atoms with van der Waals surface area (Å²) in [7, 11) is 1.64. The molecule has 9 heteroatoms. The molecule has 0 radical (unpaired) electrons. The third-order valence-electron chi connectivity index (χ3n) is 8.52. The maximum Gasteiger partial charge on any atom is 0.212 e. The molecule has 2 atom stereocenters. The van der Waals surface area contributed by atoms with Gasteiger partial charge >= 0.3 is 0 Å². The molecule has 0 amide bonds. The van der Waals surface area contributed by atoms with E-state index >= 15 is 0 Å². The summed E-state index contributed by atoms with van der Waals surface area (Å²) in [5, 5.41) is 14.1. The maximum atomic E-state index is 9.69. The monoisotopic (exact) mass is 521 g/mol. The van der Waals surface area contributed by atoms with Crippen molar-refractivity contribution in [1.29, 1.82) is 5.26 Å². The van der Waals surface area contributed by atoms with Crippen LogP contribution in [0.3, 0.4) is 0 Å². The van der Waals surface area contributed by atoms with Gasteiger partial charge in [0.2, 0.25) is 5.88 Å². The van der Waals surface area contributed by atoms with E-state index in [0.717, 1.165) is 54.5 Å². The molecule has 0 N–H and O–H groups in total. The summed E-state index contributed by atoms with van der Waals surface area (Å²) in [6.45, 7) is 3.55. The number of pyridine rings is 3. The van der Waals surface area contributed by atoms with Gasteiger partial charge in [-0.15, -0.1) is 0 Å². The van der Waals surface area contributed by atoms with Crippen molar-refractivity contribution < 1.29 is 9.47 Å². The quantitative estimate of drug-likeness (QED) is 0.339. The van der Waals surface area contributed by atoms with Crippen molar-refractivity contribution in [1.82, 2.24) is 24.5 Å². The van der Waals surface area contributed by atoms with E-state index < -0.39 is 0 Å². The van der Waals surface area contributed by atoms with E-state index in [1.807, 2.05) is 30.7 Å². The Morgan fingerprint density at radius 2 is 1.92 bits per heavy atom. The molecule has 3 saturated heterocycles. The largest absolute Gasteiger partial charge is 0.492 e. The van der Waals surface area contributed by atoms with Gasteiger partial charge in [-0.3, -0.25) is 4.90 Å². The van der Waals surface area contributed by atoms with Crippen molar-refractivity contribution in [2.45, 2.75) is 44.3 Å². The summed E-state index contributed by atoms with van der Waals surface area (Å²) in [6.07, 6.45) is 12.3. The number of hydrogen-bond acceptors (Lipinski definition) is 8. The average molecular weight is 522 g/mol. The number of anilines is 1. The van der Waals surface area contributed by atoms with Crippen molar-refractivity contribution in [3.05, 3.63) is 66.2 Å².